The molecule has 1 aromatic heterocycles. The molecule has 48 heavy (non-hydrogen) atoms. The van der Waals surface area contributed by atoms with Crippen LogP contribution in [0.5, 0.6) is 11.5 Å². The van der Waals surface area contributed by atoms with Gasteiger partial charge in [-0.3, -0.25) is 19.5 Å². The fourth-order valence-corrected chi connectivity index (χ4v) is 6.26. The highest BCUT2D eigenvalue weighted by Gasteiger charge is 2.35. The van der Waals surface area contributed by atoms with Crippen LogP contribution in [0.25, 0.3) is 11.8 Å². The van der Waals surface area contributed by atoms with Crippen LogP contribution in [0.2, 0.25) is 0 Å². The molecular weight excluding hydrogens is 634 g/mol. The number of non-ortho nitro benzene ring substituents is 1. The first-order chi connectivity index (χ1) is 23.3. The number of methoxy groups -OCH3 is 1. The van der Waals surface area contributed by atoms with Crippen molar-refractivity contribution in [1.82, 2.24) is 4.57 Å². The van der Waals surface area contributed by atoms with E-state index in [-0.39, 0.29) is 34.7 Å². The number of nitro groups is 1. The Morgan fingerprint density at radius 2 is 1.69 bits per heavy atom. The van der Waals surface area contributed by atoms with Crippen molar-refractivity contribution in [2.75, 3.05) is 13.7 Å². The van der Waals surface area contributed by atoms with E-state index in [9.17, 15) is 24.5 Å². The van der Waals surface area contributed by atoms with Gasteiger partial charge in [0.25, 0.3) is 11.2 Å². The van der Waals surface area contributed by atoms with Gasteiger partial charge < -0.3 is 14.2 Å². The lowest BCUT2D eigenvalue weighted by molar-refractivity contribution is -0.384. The molecule has 0 unspecified atom stereocenters. The van der Waals surface area contributed by atoms with Crippen LogP contribution < -0.4 is 24.4 Å². The Labute approximate surface area is 277 Å². The van der Waals surface area contributed by atoms with Crippen LogP contribution in [-0.4, -0.2) is 35.1 Å². The summed E-state index contributed by atoms with van der Waals surface area (Å²) in [5.74, 6) is -0.557. The summed E-state index contributed by atoms with van der Waals surface area (Å²) >= 11 is 1.18. The second-order valence-electron chi connectivity index (χ2n) is 10.5. The molecule has 2 heterocycles. The van der Waals surface area contributed by atoms with E-state index in [1.807, 2.05) is 36.4 Å². The number of carbonyl (C=O) groups is 2. The number of nitro benzene ring substituents is 1. The normalized spacial score (nSPS) is 14.1. The van der Waals surface area contributed by atoms with Gasteiger partial charge in [0, 0.05) is 17.7 Å². The number of carbonyl (C=O) groups excluding carboxylic acids is 2. The largest absolute Gasteiger partial charge is 0.497 e. The maximum Gasteiger partial charge on any atom is 0.343 e. The maximum absolute atomic E-state index is 14.1. The van der Waals surface area contributed by atoms with E-state index < -0.39 is 22.9 Å². The van der Waals surface area contributed by atoms with Crippen molar-refractivity contribution in [2.24, 2.45) is 4.99 Å². The third-order valence-electron chi connectivity index (χ3n) is 7.46. The molecule has 0 fully saturated rings. The van der Waals surface area contributed by atoms with Crippen LogP contribution in [0, 0.1) is 10.1 Å². The molecule has 1 aliphatic heterocycles. The van der Waals surface area contributed by atoms with Crippen LogP contribution >= 0.6 is 11.3 Å². The number of hydrogen-bond donors (Lipinski definition) is 0. The third-order valence-corrected chi connectivity index (χ3v) is 8.45. The van der Waals surface area contributed by atoms with Gasteiger partial charge in [0.1, 0.15) is 11.5 Å². The average molecular weight is 662 g/mol. The number of aromatic nitrogens is 1. The summed E-state index contributed by atoms with van der Waals surface area (Å²) in [5.41, 5.74) is 2.07. The van der Waals surface area contributed by atoms with Gasteiger partial charge in [-0.25, -0.2) is 14.6 Å². The Morgan fingerprint density at radius 3 is 2.40 bits per heavy atom. The summed E-state index contributed by atoms with van der Waals surface area (Å²) < 4.78 is 18.2. The summed E-state index contributed by atoms with van der Waals surface area (Å²) in [6.07, 6.45) is 1.69. The van der Waals surface area contributed by atoms with Crippen molar-refractivity contribution in [3.05, 3.63) is 161 Å². The average Bonchev–Trinajstić information content (AvgIpc) is 3.42. The lowest BCUT2D eigenvalue weighted by Crippen LogP contribution is -2.40. The van der Waals surface area contributed by atoms with Crippen LogP contribution in [0.4, 0.5) is 5.69 Å². The first-order valence-electron chi connectivity index (χ1n) is 14.8. The van der Waals surface area contributed by atoms with Gasteiger partial charge in [-0.15, -0.1) is 0 Å². The first kappa shape index (κ1) is 31.8. The standard InChI is InChI=1S/C36H27N3O8S/c1-3-46-35(42)30-31(23-9-5-4-6-10-23)37-36-38(32(30)24-11-8-14-28(21-24)45-2)33(40)29(48-36)19-22-15-17-27(18-16-22)47-34(41)25-12-7-13-26(20-25)39(43)44/h4-21,32H,3H2,1-2H3/b29-19-/t32-/m1/s1. The molecule has 6 rings (SSSR count). The molecule has 1 aliphatic rings. The zero-order valence-electron chi connectivity index (χ0n) is 25.7. The second kappa shape index (κ2) is 13.7. The number of esters is 2. The summed E-state index contributed by atoms with van der Waals surface area (Å²) in [5, 5.41) is 11.1. The van der Waals surface area contributed by atoms with E-state index >= 15 is 0 Å². The molecule has 0 bridgehead atoms. The molecule has 11 nitrogen and oxygen atoms in total. The van der Waals surface area contributed by atoms with Gasteiger partial charge in [0.15, 0.2) is 4.80 Å². The molecule has 0 saturated heterocycles. The van der Waals surface area contributed by atoms with E-state index in [1.165, 1.54) is 34.1 Å². The van der Waals surface area contributed by atoms with Gasteiger partial charge in [0.2, 0.25) is 0 Å². The Bertz CT molecular complexity index is 2260. The van der Waals surface area contributed by atoms with E-state index in [1.54, 1.807) is 62.6 Å². The number of rotatable bonds is 9. The summed E-state index contributed by atoms with van der Waals surface area (Å²) in [6.45, 7) is 1.85. The van der Waals surface area contributed by atoms with Crippen molar-refractivity contribution in [3.63, 3.8) is 0 Å². The van der Waals surface area contributed by atoms with Gasteiger partial charge >= 0.3 is 11.9 Å². The molecule has 0 radical (unpaired) electrons. The van der Waals surface area contributed by atoms with Crippen molar-refractivity contribution in [2.45, 2.75) is 13.0 Å². The Kier molecular flexibility index (Phi) is 9.08. The number of benzene rings is 4. The molecule has 0 saturated carbocycles. The lowest BCUT2D eigenvalue weighted by Gasteiger charge is -2.26. The molecule has 0 aliphatic carbocycles. The molecule has 0 spiro atoms. The smallest absolute Gasteiger partial charge is 0.343 e. The van der Waals surface area contributed by atoms with Crippen LogP contribution in [-0.2, 0) is 9.53 Å². The van der Waals surface area contributed by atoms with Crippen LogP contribution in [0.1, 0.15) is 40.0 Å². The quantitative estimate of drug-likeness (QED) is 0.0924. The molecule has 0 amide bonds. The minimum atomic E-state index is -0.858. The first-order valence-corrected chi connectivity index (χ1v) is 15.6. The topological polar surface area (TPSA) is 139 Å². The zero-order valence-corrected chi connectivity index (χ0v) is 26.5. The lowest BCUT2D eigenvalue weighted by atomic mass is 9.93. The minimum Gasteiger partial charge on any atom is -0.497 e. The highest BCUT2D eigenvalue weighted by atomic mass is 32.1. The van der Waals surface area contributed by atoms with Gasteiger partial charge in [-0.2, -0.15) is 0 Å². The van der Waals surface area contributed by atoms with Gasteiger partial charge in [-0.05, 0) is 54.5 Å². The van der Waals surface area contributed by atoms with Crippen molar-refractivity contribution >= 4 is 40.7 Å². The number of hydrogen-bond acceptors (Lipinski definition) is 10. The Balaban J connectivity index is 1.42. The van der Waals surface area contributed by atoms with E-state index in [2.05, 4.69) is 0 Å². The Morgan fingerprint density at radius 1 is 0.938 bits per heavy atom. The molecular formula is C36H27N3O8S. The van der Waals surface area contributed by atoms with Crippen molar-refractivity contribution < 1.29 is 28.7 Å². The molecule has 4 aromatic carbocycles. The maximum atomic E-state index is 14.1. The van der Waals surface area contributed by atoms with E-state index in [0.29, 0.717) is 37.5 Å². The second-order valence-corrected chi connectivity index (χ2v) is 11.5. The zero-order chi connectivity index (χ0) is 33.8. The summed E-state index contributed by atoms with van der Waals surface area (Å²) in [7, 11) is 1.54. The molecule has 5 aromatic rings. The highest BCUT2D eigenvalue weighted by Crippen LogP contribution is 2.36. The molecule has 1 atom stereocenters. The SMILES string of the molecule is CCOC(=O)C1=C(c2ccccc2)N=c2s/c(=C\c3ccc(OC(=O)c4cccc([N+](=O)[O-])c4)cc3)c(=O)n2[C@@H]1c1cccc(OC)c1. The Hall–Kier alpha value is -6.14. The van der Waals surface area contributed by atoms with Gasteiger partial charge in [-0.1, -0.05) is 72.0 Å². The molecule has 0 N–H and O–H groups in total. The number of fused-ring (bicyclic) bond motifs is 1. The van der Waals surface area contributed by atoms with Crippen molar-refractivity contribution in [1.29, 1.82) is 0 Å². The number of nitrogens with zero attached hydrogens (tertiary/aromatic N) is 3. The highest BCUT2D eigenvalue weighted by molar-refractivity contribution is 7.07. The fraction of sp³-hybridized carbons (Fsp3) is 0.111. The molecule has 12 heteroatoms. The van der Waals surface area contributed by atoms with Gasteiger partial charge in [0.05, 0.1) is 46.0 Å². The number of thiazole rings is 1. The third kappa shape index (κ3) is 6.42. The summed E-state index contributed by atoms with van der Waals surface area (Å²) in [6, 6.07) is 27.3. The summed E-state index contributed by atoms with van der Waals surface area (Å²) in [4.78, 5) is 56.1. The monoisotopic (exact) mass is 661 g/mol. The minimum absolute atomic E-state index is 0.0389. The van der Waals surface area contributed by atoms with Crippen LogP contribution in [0.15, 0.2) is 118 Å². The van der Waals surface area contributed by atoms with E-state index in [0.717, 1.165) is 6.07 Å². The predicted octanol–water partition coefficient (Wildman–Crippen LogP) is 5.07. The van der Waals surface area contributed by atoms with Crippen LogP contribution in [0.3, 0.4) is 0 Å². The van der Waals surface area contributed by atoms with Crippen molar-refractivity contribution in [3.8, 4) is 11.5 Å². The fourth-order valence-electron chi connectivity index (χ4n) is 5.26. The predicted molar refractivity (Wildman–Crippen MR) is 179 cm³/mol. The number of ether oxygens (including phenoxy) is 3. The van der Waals surface area contributed by atoms with E-state index in [4.69, 9.17) is 19.2 Å². The molecule has 240 valence electrons.